The van der Waals surface area contributed by atoms with Crippen LogP contribution >= 0.6 is 11.6 Å². The van der Waals surface area contributed by atoms with Crippen molar-refractivity contribution in [3.63, 3.8) is 0 Å². The van der Waals surface area contributed by atoms with Crippen LogP contribution in [0.1, 0.15) is 24.8 Å². The zero-order valence-corrected chi connectivity index (χ0v) is 20.0. The van der Waals surface area contributed by atoms with Crippen molar-refractivity contribution in [2.45, 2.75) is 31.4 Å². The van der Waals surface area contributed by atoms with E-state index in [4.69, 9.17) is 25.8 Å². The lowest BCUT2D eigenvalue weighted by atomic mass is 10.1. The number of benzene rings is 2. The van der Waals surface area contributed by atoms with Gasteiger partial charge in [0.25, 0.3) is 0 Å². The molecule has 180 valence electrons. The summed E-state index contributed by atoms with van der Waals surface area (Å²) in [6.45, 7) is 7.04. The quantitative estimate of drug-likeness (QED) is 0.596. The molecular weight excluding hydrogens is 440 g/mol. The highest BCUT2D eigenvalue weighted by molar-refractivity contribution is 6.30. The minimum atomic E-state index is -1.09. The number of ether oxygens (including phenoxy) is 3. The van der Waals surface area contributed by atoms with E-state index in [1.165, 1.54) is 37.9 Å². The van der Waals surface area contributed by atoms with E-state index in [1.54, 1.807) is 12.1 Å². The second kappa shape index (κ2) is 12.0. The molecule has 0 amide bonds. The average Bonchev–Trinajstić information content (AvgIpc) is 3.01. The van der Waals surface area contributed by atoms with E-state index in [1.807, 2.05) is 24.3 Å². The fourth-order valence-corrected chi connectivity index (χ4v) is 4.60. The van der Waals surface area contributed by atoms with Gasteiger partial charge < -0.3 is 19.3 Å². The van der Waals surface area contributed by atoms with Gasteiger partial charge in [0.05, 0.1) is 13.2 Å². The minimum absolute atomic E-state index is 0.146. The van der Waals surface area contributed by atoms with Crippen molar-refractivity contribution >= 4 is 11.6 Å². The molecule has 7 heteroatoms. The molecule has 4 rings (SSSR count). The summed E-state index contributed by atoms with van der Waals surface area (Å²) < 4.78 is 17.4. The van der Waals surface area contributed by atoms with Gasteiger partial charge in [-0.2, -0.15) is 0 Å². The summed E-state index contributed by atoms with van der Waals surface area (Å²) in [4.78, 5) is 4.69. The number of piperidine rings is 1. The number of nitrogens with zero attached hydrogens (tertiary/aromatic N) is 2. The van der Waals surface area contributed by atoms with Crippen LogP contribution in [0.4, 0.5) is 0 Å². The maximum absolute atomic E-state index is 11.1. The Labute approximate surface area is 202 Å². The fraction of sp³-hybridized carbons (Fsp3) is 0.538. The summed E-state index contributed by atoms with van der Waals surface area (Å²) in [6, 6.07) is 15.5. The predicted molar refractivity (Wildman–Crippen MR) is 130 cm³/mol. The standard InChI is InChI=1S/C26H35ClN2O4/c27-23-5-4-6-25(17-23)33-21-26(30)19-29(13-15-31-20-26)18-22-7-9-24(10-8-22)32-16-14-28-11-2-1-3-12-28/h4-10,17,30H,1-3,11-16,18-21H2/t26-/m0/s1. The Kier molecular flexibility index (Phi) is 8.87. The molecule has 2 aliphatic rings. The Balaban J connectivity index is 1.25. The number of rotatable bonds is 9. The lowest BCUT2D eigenvalue weighted by Gasteiger charge is -2.30. The number of aliphatic hydroxyl groups is 1. The molecule has 2 fully saturated rings. The van der Waals surface area contributed by atoms with Crippen LogP contribution in [0.2, 0.25) is 5.02 Å². The van der Waals surface area contributed by atoms with Gasteiger partial charge in [-0.1, -0.05) is 36.2 Å². The summed E-state index contributed by atoms with van der Waals surface area (Å²) in [6.07, 6.45) is 3.96. The number of halogens is 1. The average molecular weight is 475 g/mol. The van der Waals surface area contributed by atoms with Crippen LogP contribution in [-0.4, -0.2) is 79.7 Å². The monoisotopic (exact) mass is 474 g/mol. The highest BCUT2D eigenvalue weighted by Gasteiger charge is 2.33. The molecule has 0 aromatic heterocycles. The van der Waals surface area contributed by atoms with Crippen molar-refractivity contribution < 1.29 is 19.3 Å². The summed E-state index contributed by atoms with van der Waals surface area (Å²) >= 11 is 6.03. The van der Waals surface area contributed by atoms with Gasteiger partial charge in [-0.15, -0.1) is 0 Å². The Hall–Kier alpha value is -1.83. The Morgan fingerprint density at radius 2 is 1.76 bits per heavy atom. The zero-order valence-electron chi connectivity index (χ0n) is 19.3. The number of β-amino-alcohol motifs (C(OH)–C–C–N with tert-alkyl or cyclic N) is 1. The van der Waals surface area contributed by atoms with Gasteiger partial charge >= 0.3 is 0 Å². The Bertz CT molecular complexity index is 860. The molecule has 0 saturated carbocycles. The smallest absolute Gasteiger partial charge is 0.134 e. The molecule has 0 aliphatic carbocycles. The molecule has 2 heterocycles. The number of likely N-dealkylation sites (tertiary alicyclic amines) is 1. The van der Waals surface area contributed by atoms with Crippen LogP contribution in [0.25, 0.3) is 0 Å². The number of hydrogen-bond acceptors (Lipinski definition) is 6. The van der Waals surface area contributed by atoms with Gasteiger partial charge in [0, 0.05) is 31.2 Å². The second-order valence-electron chi connectivity index (χ2n) is 9.13. The highest BCUT2D eigenvalue weighted by Crippen LogP contribution is 2.21. The van der Waals surface area contributed by atoms with Crippen molar-refractivity contribution in [1.29, 1.82) is 0 Å². The molecule has 0 radical (unpaired) electrons. The predicted octanol–water partition coefficient (Wildman–Crippen LogP) is 3.85. The van der Waals surface area contributed by atoms with Gasteiger partial charge in [0.15, 0.2) is 0 Å². The van der Waals surface area contributed by atoms with Crippen LogP contribution in [0.3, 0.4) is 0 Å². The van der Waals surface area contributed by atoms with Crippen molar-refractivity contribution in [3.05, 3.63) is 59.1 Å². The molecule has 2 aromatic rings. The third-order valence-corrected chi connectivity index (χ3v) is 6.43. The molecule has 0 unspecified atom stereocenters. The molecule has 2 aliphatic heterocycles. The molecule has 2 saturated heterocycles. The lowest BCUT2D eigenvalue weighted by Crippen LogP contribution is -2.48. The molecule has 1 N–H and O–H groups in total. The zero-order chi connectivity index (χ0) is 22.9. The van der Waals surface area contributed by atoms with Crippen molar-refractivity contribution in [2.75, 3.05) is 59.2 Å². The van der Waals surface area contributed by atoms with Gasteiger partial charge in [-0.25, -0.2) is 0 Å². The fourth-order valence-electron chi connectivity index (χ4n) is 4.42. The first-order valence-electron chi connectivity index (χ1n) is 11.9. The van der Waals surface area contributed by atoms with Crippen molar-refractivity contribution in [1.82, 2.24) is 9.80 Å². The van der Waals surface area contributed by atoms with Crippen LogP contribution in [-0.2, 0) is 11.3 Å². The molecule has 0 bridgehead atoms. The molecule has 1 atom stereocenters. The summed E-state index contributed by atoms with van der Waals surface area (Å²) in [7, 11) is 0. The SMILES string of the molecule is O[C@]1(COc2cccc(Cl)c2)COCCN(Cc2ccc(OCCN3CCCCC3)cc2)C1. The van der Waals surface area contributed by atoms with Gasteiger partial charge in [-0.3, -0.25) is 9.80 Å². The molecule has 2 aromatic carbocycles. The maximum atomic E-state index is 11.1. The van der Waals surface area contributed by atoms with E-state index < -0.39 is 5.60 Å². The van der Waals surface area contributed by atoms with E-state index in [-0.39, 0.29) is 13.2 Å². The molecule has 33 heavy (non-hydrogen) atoms. The topological polar surface area (TPSA) is 54.4 Å². The minimum Gasteiger partial charge on any atom is -0.492 e. The Morgan fingerprint density at radius 1 is 0.939 bits per heavy atom. The van der Waals surface area contributed by atoms with Crippen LogP contribution in [0, 0.1) is 0 Å². The molecule has 0 spiro atoms. The first-order chi connectivity index (χ1) is 16.1. The molecular formula is C26H35ClN2O4. The van der Waals surface area contributed by atoms with Crippen LogP contribution in [0.5, 0.6) is 11.5 Å². The normalized spacial score (nSPS) is 22.6. The maximum Gasteiger partial charge on any atom is 0.134 e. The third kappa shape index (κ3) is 7.87. The van der Waals surface area contributed by atoms with Gasteiger partial charge in [0.2, 0.25) is 0 Å². The highest BCUT2D eigenvalue weighted by atomic mass is 35.5. The summed E-state index contributed by atoms with van der Waals surface area (Å²) in [5.74, 6) is 1.55. The first kappa shape index (κ1) is 24.3. The lowest BCUT2D eigenvalue weighted by molar-refractivity contribution is -0.0646. The third-order valence-electron chi connectivity index (χ3n) is 6.20. The van der Waals surface area contributed by atoms with E-state index in [2.05, 4.69) is 21.9 Å². The van der Waals surface area contributed by atoms with Crippen LogP contribution < -0.4 is 9.47 Å². The largest absolute Gasteiger partial charge is 0.492 e. The van der Waals surface area contributed by atoms with Gasteiger partial charge in [0.1, 0.15) is 30.3 Å². The van der Waals surface area contributed by atoms with E-state index in [0.29, 0.717) is 23.9 Å². The summed E-state index contributed by atoms with van der Waals surface area (Å²) in [5.41, 5.74) is 0.0921. The van der Waals surface area contributed by atoms with Crippen molar-refractivity contribution in [3.8, 4) is 11.5 Å². The van der Waals surface area contributed by atoms with Crippen LogP contribution in [0.15, 0.2) is 48.5 Å². The van der Waals surface area contributed by atoms with E-state index in [9.17, 15) is 5.11 Å². The Morgan fingerprint density at radius 3 is 2.55 bits per heavy atom. The second-order valence-corrected chi connectivity index (χ2v) is 9.56. The first-order valence-corrected chi connectivity index (χ1v) is 12.3. The summed E-state index contributed by atoms with van der Waals surface area (Å²) in [5, 5.41) is 11.7. The van der Waals surface area contributed by atoms with E-state index in [0.717, 1.165) is 32.0 Å². The van der Waals surface area contributed by atoms with Crippen molar-refractivity contribution in [2.24, 2.45) is 0 Å². The molecule has 6 nitrogen and oxygen atoms in total. The van der Waals surface area contributed by atoms with Gasteiger partial charge in [-0.05, 0) is 61.8 Å². The van der Waals surface area contributed by atoms with E-state index >= 15 is 0 Å². The number of hydrogen-bond donors (Lipinski definition) is 1.